The summed E-state index contributed by atoms with van der Waals surface area (Å²) in [5, 5.41) is 0. The first-order valence-corrected chi connectivity index (χ1v) is 3.73. The van der Waals surface area contributed by atoms with Crippen molar-refractivity contribution in [3.05, 3.63) is 12.5 Å². The molecule has 4 heteroatoms. The molecular weight excluding hydrogens is 142 g/mol. The maximum atomic E-state index is 5.67. The van der Waals surface area contributed by atoms with Gasteiger partial charge in [-0.1, -0.05) is 0 Å². The molecule has 0 aliphatic carbocycles. The van der Waals surface area contributed by atoms with Gasteiger partial charge in [0.25, 0.3) is 0 Å². The first-order valence-electron chi connectivity index (χ1n) is 3.73. The topological polar surface area (TPSA) is 53.1 Å². The third kappa shape index (κ3) is 1.09. The average molecular weight is 153 g/mol. The molecule has 0 amide bonds. The summed E-state index contributed by atoms with van der Waals surface area (Å²) in [5.41, 5.74) is 5.67. The number of rotatable bonds is 1. The molecule has 0 spiro atoms. The van der Waals surface area contributed by atoms with Gasteiger partial charge < -0.3 is 15.0 Å². The van der Waals surface area contributed by atoms with Gasteiger partial charge in [0.15, 0.2) is 0 Å². The molecule has 0 bridgehead atoms. The van der Waals surface area contributed by atoms with Crippen LogP contribution in [0.1, 0.15) is 12.5 Å². The minimum atomic E-state index is 0.400. The van der Waals surface area contributed by atoms with Crippen molar-refractivity contribution in [3.8, 4) is 0 Å². The van der Waals surface area contributed by atoms with Crippen molar-refractivity contribution in [2.75, 3.05) is 18.9 Å². The van der Waals surface area contributed by atoms with Crippen molar-refractivity contribution in [3.63, 3.8) is 0 Å². The summed E-state index contributed by atoms with van der Waals surface area (Å²) in [6, 6.07) is 0.400. The molecule has 1 fully saturated rings. The van der Waals surface area contributed by atoms with Crippen LogP contribution >= 0.6 is 0 Å². The minimum absolute atomic E-state index is 0.400. The fourth-order valence-electron chi connectivity index (χ4n) is 1.36. The van der Waals surface area contributed by atoms with Gasteiger partial charge in [0.1, 0.15) is 5.82 Å². The van der Waals surface area contributed by atoms with E-state index in [1.165, 1.54) is 0 Å². The van der Waals surface area contributed by atoms with Crippen molar-refractivity contribution in [2.45, 2.75) is 12.5 Å². The Morgan fingerprint density at radius 3 is 3.18 bits per heavy atom. The van der Waals surface area contributed by atoms with Crippen molar-refractivity contribution >= 4 is 5.82 Å². The van der Waals surface area contributed by atoms with E-state index in [-0.39, 0.29) is 0 Å². The maximum absolute atomic E-state index is 5.67. The van der Waals surface area contributed by atoms with E-state index in [9.17, 15) is 0 Å². The second-order valence-corrected chi connectivity index (χ2v) is 2.74. The van der Waals surface area contributed by atoms with E-state index in [2.05, 4.69) is 4.98 Å². The molecule has 2 N–H and O–H groups in total. The fraction of sp³-hybridized carbons (Fsp3) is 0.571. The van der Waals surface area contributed by atoms with Crippen LogP contribution in [0.4, 0.5) is 5.82 Å². The van der Waals surface area contributed by atoms with Crippen LogP contribution in [0.3, 0.4) is 0 Å². The molecule has 4 nitrogen and oxygen atoms in total. The number of nitrogens with two attached hydrogens (primary N) is 1. The highest BCUT2D eigenvalue weighted by atomic mass is 16.5. The van der Waals surface area contributed by atoms with Gasteiger partial charge in [0.2, 0.25) is 0 Å². The molecule has 1 aliphatic rings. The normalized spacial score (nSPS) is 24.2. The van der Waals surface area contributed by atoms with Crippen LogP contribution in [0.25, 0.3) is 0 Å². The van der Waals surface area contributed by atoms with Crippen LogP contribution in [-0.4, -0.2) is 22.8 Å². The number of nitrogen functional groups attached to an aromatic ring is 1. The Labute approximate surface area is 65.0 Å². The van der Waals surface area contributed by atoms with Crippen LogP contribution in [0, 0.1) is 0 Å². The smallest absolute Gasteiger partial charge is 0.123 e. The average Bonchev–Trinajstić information content (AvgIpc) is 2.55. The summed E-state index contributed by atoms with van der Waals surface area (Å²) in [7, 11) is 0. The lowest BCUT2D eigenvalue weighted by Gasteiger charge is -2.10. The molecule has 11 heavy (non-hydrogen) atoms. The summed E-state index contributed by atoms with van der Waals surface area (Å²) < 4.78 is 7.20. The second-order valence-electron chi connectivity index (χ2n) is 2.74. The standard InChI is InChI=1S/C7H11N3O/c8-7-3-9-5-10(7)6-1-2-11-4-6/h3,5-6H,1-2,4,8H2. The van der Waals surface area contributed by atoms with Crippen molar-refractivity contribution in [1.29, 1.82) is 0 Å². The highest BCUT2D eigenvalue weighted by molar-refractivity contribution is 5.25. The van der Waals surface area contributed by atoms with Gasteiger partial charge in [-0.05, 0) is 6.42 Å². The van der Waals surface area contributed by atoms with Crippen LogP contribution in [-0.2, 0) is 4.74 Å². The Kier molecular flexibility index (Phi) is 1.54. The Morgan fingerprint density at radius 2 is 2.64 bits per heavy atom. The monoisotopic (exact) mass is 153 g/mol. The second kappa shape index (κ2) is 2.54. The number of aromatic nitrogens is 2. The fourth-order valence-corrected chi connectivity index (χ4v) is 1.36. The van der Waals surface area contributed by atoms with Gasteiger partial charge in [-0.2, -0.15) is 0 Å². The molecule has 2 heterocycles. The van der Waals surface area contributed by atoms with Crippen LogP contribution < -0.4 is 5.73 Å². The predicted octanol–water partition coefficient (Wildman–Crippen LogP) is 0.427. The summed E-state index contributed by atoms with van der Waals surface area (Å²) in [6.45, 7) is 1.60. The Balaban J connectivity index is 2.21. The van der Waals surface area contributed by atoms with Gasteiger partial charge in [-0.25, -0.2) is 4.98 Å². The van der Waals surface area contributed by atoms with Crippen LogP contribution in [0.5, 0.6) is 0 Å². The minimum Gasteiger partial charge on any atom is -0.384 e. The Bertz CT molecular complexity index is 240. The summed E-state index contributed by atoms with van der Waals surface area (Å²) in [4.78, 5) is 3.95. The van der Waals surface area contributed by atoms with E-state index in [1.54, 1.807) is 12.5 Å². The summed E-state index contributed by atoms with van der Waals surface area (Å²) >= 11 is 0. The van der Waals surface area contributed by atoms with Crippen LogP contribution in [0.15, 0.2) is 12.5 Å². The van der Waals surface area contributed by atoms with E-state index in [0.717, 1.165) is 25.5 Å². The first kappa shape index (κ1) is 6.67. The Morgan fingerprint density at radius 1 is 1.73 bits per heavy atom. The van der Waals surface area contributed by atoms with E-state index < -0.39 is 0 Å². The zero-order valence-corrected chi connectivity index (χ0v) is 6.23. The number of hydrogen-bond donors (Lipinski definition) is 1. The van der Waals surface area contributed by atoms with Crippen molar-refractivity contribution in [2.24, 2.45) is 0 Å². The molecule has 1 aromatic heterocycles. The number of nitrogens with zero attached hydrogens (tertiary/aromatic N) is 2. The Hall–Kier alpha value is -1.03. The number of anilines is 1. The third-order valence-corrected chi connectivity index (χ3v) is 2.00. The van der Waals surface area contributed by atoms with Crippen LogP contribution in [0.2, 0.25) is 0 Å². The molecule has 60 valence electrons. The summed E-state index contributed by atoms with van der Waals surface area (Å²) in [5.74, 6) is 0.723. The third-order valence-electron chi connectivity index (χ3n) is 2.00. The largest absolute Gasteiger partial charge is 0.384 e. The lowest BCUT2D eigenvalue weighted by Crippen LogP contribution is -2.09. The highest BCUT2D eigenvalue weighted by Gasteiger charge is 2.18. The zero-order chi connectivity index (χ0) is 7.68. The molecule has 0 radical (unpaired) electrons. The predicted molar refractivity (Wildman–Crippen MR) is 41.1 cm³/mol. The molecule has 1 aliphatic heterocycles. The first-order chi connectivity index (χ1) is 5.38. The highest BCUT2D eigenvalue weighted by Crippen LogP contribution is 2.20. The number of imidazole rings is 1. The maximum Gasteiger partial charge on any atom is 0.123 e. The van der Waals surface area contributed by atoms with E-state index >= 15 is 0 Å². The van der Waals surface area contributed by atoms with Crippen molar-refractivity contribution < 1.29 is 4.74 Å². The number of hydrogen-bond acceptors (Lipinski definition) is 3. The summed E-state index contributed by atoms with van der Waals surface area (Å²) in [6.07, 6.45) is 4.47. The van der Waals surface area contributed by atoms with Crippen molar-refractivity contribution in [1.82, 2.24) is 9.55 Å². The van der Waals surface area contributed by atoms with Gasteiger partial charge >= 0.3 is 0 Å². The SMILES string of the molecule is Nc1cncn1C1CCOC1. The molecule has 0 aromatic carbocycles. The van der Waals surface area contributed by atoms with Gasteiger partial charge in [0.05, 0.1) is 25.2 Å². The molecule has 2 rings (SSSR count). The molecule has 1 saturated heterocycles. The van der Waals surface area contributed by atoms with Gasteiger partial charge in [0, 0.05) is 6.61 Å². The van der Waals surface area contributed by atoms with E-state index in [0.29, 0.717) is 6.04 Å². The van der Waals surface area contributed by atoms with E-state index in [1.807, 2.05) is 4.57 Å². The van der Waals surface area contributed by atoms with E-state index in [4.69, 9.17) is 10.5 Å². The molecule has 1 aromatic rings. The molecule has 1 atom stereocenters. The zero-order valence-electron chi connectivity index (χ0n) is 6.23. The molecular formula is C7H11N3O. The van der Waals surface area contributed by atoms with Gasteiger partial charge in [-0.15, -0.1) is 0 Å². The number of ether oxygens (including phenoxy) is 1. The van der Waals surface area contributed by atoms with Gasteiger partial charge in [-0.3, -0.25) is 0 Å². The lowest BCUT2D eigenvalue weighted by atomic mass is 10.2. The quantitative estimate of drug-likeness (QED) is 0.636. The molecule has 0 saturated carbocycles. The lowest BCUT2D eigenvalue weighted by molar-refractivity contribution is 0.187. The molecule has 1 unspecified atom stereocenters.